The Kier molecular flexibility index (Phi) is 2.26. The average molecular weight is 229 g/mol. The minimum atomic E-state index is -5.10. The Morgan fingerprint density at radius 2 is 2.00 bits per heavy atom. The normalized spacial score (nSPS) is 39.2. The van der Waals surface area contributed by atoms with E-state index in [9.17, 15) is 13.8 Å². The second-order valence-corrected chi connectivity index (χ2v) is 4.95. The number of carbonyl (C=O) groups is 1. The number of halogens is 1. The first-order valence-corrected chi connectivity index (χ1v) is 5.18. The Morgan fingerprint density at radius 1 is 1.57 bits per heavy atom. The number of carboxylic acids is 1. The van der Waals surface area contributed by atoms with E-state index < -0.39 is 37.0 Å². The van der Waals surface area contributed by atoms with Crippen LogP contribution in [-0.4, -0.2) is 43.0 Å². The Balaban J connectivity index is 2.94. The standard InChI is InChI=1S/C5H9FNO6P/c6-4(3(10)14(11,12)13)1-5(4,7)2(8)9/h3,10H,1,7H2,(H,8,9)(H2,11,12,13)/t3?,4-,5-/m1/s1. The predicted octanol–water partition coefficient (Wildman–Crippen LogP) is -1.62. The van der Waals surface area contributed by atoms with E-state index >= 15 is 0 Å². The molecule has 0 aliphatic heterocycles. The Morgan fingerprint density at radius 3 is 2.21 bits per heavy atom. The van der Waals surface area contributed by atoms with Gasteiger partial charge < -0.3 is 25.7 Å². The van der Waals surface area contributed by atoms with E-state index in [2.05, 4.69) is 0 Å². The predicted molar refractivity (Wildman–Crippen MR) is 41.1 cm³/mol. The van der Waals surface area contributed by atoms with Crippen LogP contribution in [0.1, 0.15) is 6.42 Å². The van der Waals surface area contributed by atoms with Gasteiger partial charge in [0.1, 0.15) is 0 Å². The van der Waals surface area contributed by atoms with Crippen LogP contribution in [0.5, 0.6) is 0 Å². The zero-order valence-electron chi connectivity index (χ0n) is 6.79. The van der Waals surface area contributed by atoms with Gasteiger partial charge in [-0.15, -0.1) is 0 Å². The molecule has 7 nitrogen and oxygen atoms in total. The molecule has 0 radical (unpaired) electrons. The van der Waals surface area contributed by atoms with Gasteiger partial charge in [-0.25, -0.2) is 4.39 Å². The van der Waals surface area contributed by atoms with Gasteiger partial charge in [0.15, 0.2) is 17.1 Å². The van der Waals surface area contributed by atoms with Crippen LogP contribution in [0.2, 0.25) is 0 Å². The minimum absolute atomic E-state index is 0.818. The zero-order chi connectivity index (χ0) is 11.4. The molecule has 0 heterocycles. The summed E-state index contributed by atoms with van der Waals surface area (Å²) in [5.41, 5.74) is -0.382. The fourth-order valence-electron chi connectivity index (χ4n) is 1.20. The van der Waals surface area contributed by atoms with Crippen LogP contribution in [-0.2, 0) is 9.36 Å². The van der Waals surface area contributed by atoms with Crippen molar-refractivity contribution in [3.05, 3.63) is 0 Å². The molecule has 3 atom stereocenters. The maximum Gasteiger partial charge on any atom is 0.357 e. The summed E-state index contributed by atoms with van der Waals surface area (Å²) in [5, 5.41) is 17.3. The summed E-state index contributed by atoms with van der Waals surface area (Å²) in [7, 11) is -5.10. The van der Waals surface area contributed by atoms with E-state index in [1.54, 1.807) is 0 Å². The summed E-state index contributed by atoms with van der Waals surface area (Å²) in [6.07, 6.45) is -0.818. The highest BCUT2D eigenvalue weighted by atomic mass is 31.2. The van der Waals surface area contributed by atoms with Gasteiger partial charge in [-0.05, 0) is 0 Å². The number of rotatable bonds is 3. The van der Waals surface area contributed by atoms with E-state index in [1.165, 1.54) is 0 Å². The molecule has 0 spiro atoms. The second kappa shape index (κ2) is 2.74. The van der Waals surface area contributed by atoms with E-state index in [1.807, 2.05) is 0 Å². The average Bonchev–Trinajstić information content (AvgIpc) is 2.54. The van der Waals surface area contributed by atoms with Gasteiger partial charge in [-0.2, -0.15) is 0 Å². The summed E-state index contributed by atoms with van der Waals surface area (Å²) in [6, 6.07) is 0. The molecule has 82 valence electrons. The van der Waals surface area contributed by atoms with Crippen molar-refractivity contribution in [1.82, 2.24) is 0 Å². The van der Waals surface area contributed by atoms with Gasteiger partial charge in [0.2, 0.25) is 0 Å². The number of carboxylic acid groups (broad SMARTS) is 1. The summed E-state index contributed by atoms with van der Waals surface area (Å²) in [5.74, 6) is -4.44. The number of alkyl halides is 1. The lowest BCUT2D eigenvalue weighted by molar-refractivity contribution is -0.141. The molecule has 6 N–H and O–H groups in total. The fraction of sp³-hybridized carbons (Fsp3) is 0.800. The van der Waals surface area contributed by atoms with E-state index in [4.69, 9.17) is 25.7 Å². The van der Waals surface area contributed by atoms with Gasteiger partial charge >= 0.3 is 13.6 Å². The molecular formula is C5H9FNO6P. The molecule has 0 aromatic heterocycles. The van der Waals surface area contributed by atoms with Crippen molar-refractivity contribution >= 4 is 13.6 Å². The third-order valence-corrected chi connectivity index (χ3v) is 3.31. The monoisotopic (exact) mass is 229 g/mol. The molecule has 14 heavy (non-hydrogen) atoms. The third kappa shape index (κ3) is 1.35. The SMILES string of the molecule is N[C@@]1(C(=O)O)C[C@@]1(F)C(O)P(=O)(O)O. The number of aliphatic hydroxyl groups excluding tert-OH is 1. The first kappa shape index (κ1) is 11.5. The Hall–Kier alpha value is -0.530. The number of hydrogen-bond acceptors (Lipinski definition) is 4. The van der Waals surface area contributed by atoms with Gasteiger partial charge in [-0.1, -0.05) is 0 Å². The molecule has 0 amide bonds. The highest BCUT2D eigenvalue weighted by Crippen LogP contribution is 2.61. The molecule has 1 rings (SSSR count). The molecule has 0 aromatic rings. The van der Waals surface area contributed by atoms with E-state index in [0.717, 1.165) is 0 Å². The van der Waals surface area contributed by atoms with Crippen LogP contribution < -0.4 is 5.73 Å². The third-order valence-electron chi connectivity index (χ3n) is 2.26. The second-order valence-electron chi connectivity index (χ2n) is 3.28. The van der Waals surface area contributed by atoms with Crippen molar-refractivity contribution in [2.24, 2.45) is 5.73 Å². The smallest absolute Gasteiger partial charge is 0.357 e. The first-order valence-electron chi connectivity index (χ1n) is 3.50. The van der Waals surface area contributed by atoms with E-state index in [0.29, 0.717) is 0 Å². The topological polar surface area (TPSA) is 141 Å². The molecule has 1 fully saturated rings. The van der Waals surface area contributed by atoms with Gasteiger partial charge in [0.05, 0.1) is 0 Å². The summed E-state index contributed by atoms with van der Waals surface area (Å²) >= 11 is 0. The van der Waals surface area contributed by atoms with Crippen LogP contribution in [0, 0.1) is 0 Å². The molecule has 1 saturated carbocycles. The zero-order valence-corrected chi connectivity index (χ0v) is 7.69. The number of nitrogens with two attached hydrogens (primary N) is 1. The minimum Gasteiger partial charge on any atom is -0.480 e. The van der Waals surface area contributed by atoms with Crippen LogP contribution in [0.25, 0.3) is 0 Å². The summed E-state index contributed by atoms with van der Waals surface area (Å²) < 4.78 is 23.9. The molecular weight excluding hydrogens is 220 g/mol. The van der Waals surface area contributed by atoms with Gasteiger partial charge in [-0.3, -0.25) is 9.36 Å². The lowest BCUT2D eigenvalue weighted by Crippen LogP contribution is -2.45. The number of aliphatic hydroxyl groups is 1. The Labute approximate surface area is 77.5 Å². The highest BCUT2D eigenvalue weighted by molar-refractivity contribution is 7.52. The lowest BCUT2D eigenvalue weighted by Gasteiger charge is -2.18. The quantitative estimate of drug-likeness (QED) is 0.366. The van der Waals surface area contributed by atoms with Crippen molar-refractivity contribution in [2.45, 2.75) is 23.5 Å². The highest BCUT2D eigenvalue weighted by Gasteiger charge is 2.78. The number of hydrogen-bond donors (Lipinski definition) is 5. The maximum atomic E-state index is 13.4. The summed E-state index contributed by atoms with van der Waals surface area (Å²) in [4.78, 5) is 27.3. The van der Waals surface area contributed by atoms with Gasteiger partial charge in [0.25, 0.3) is 0 Å². The van der Waals surface area contributed by atoms with Crippen molar-refractivity contribution in [1.29, 1.82) is 0 Å². The van der Waals surface area contributed by atoms with E-state index in [-0.39, 0.29) is 0 Å². The van der Waals surface area contributed by atoms with Crippen LogP contribution in [0.3, 0.4) is 0 Å². The molecule has 0 bridgehead atoms. The van der Waals surface area contributed by atoms with Crippen molar-refractivity contribution in [2.75, 3.05) is 0 Å². The van der Waals surface area contributed by atoms with Crippen LogP contribution >= 0.6 is 7.60 Å². The van der Waals surface area contributed by atoms with Gasteiger partial charge in [0, 0.05) is 6.42 Å². The molecule has 0 saturated heterocycles. The van der Waals surface area contributed by atoms with Crippen molar-refractivity contribution in [3.63, 3.8) is 0 Å². The maximum absolute atomic E-state index is 13.4. The number of aliphatic carboxylic acids is 1. The van der Waals surface area contributed by atoms with Crippen molar-refractivity contribution < 1.29 is 33.7 Å². The Bertz CT molecular complexity index is 330. The molecule has 9 heteroatoms. The van der Waals surface area contributed by atoms with Crippen molar-refractivity contribution in [3.8, 4) is 0 Å². The largest absolute Gasteiger partial charge is 0.480 e. The lowest BCUT2D eigenvalue weighted by atomic mass is 10.2. The fourth-order valence-corrected chi connectivity index (χ4v) is 2.06. The van der Waals surface area contributed by atoms with Crippen LogP contribution in [0.15, 0.2) is 0 Å². The molecule has 1 aliphatic rings. The van der Waals surface area contributed by atoms with Crippen LogP contribution in [0.4, 0.5) is 4.39 Å². The molecule has 1 aliphatic carbocycles. The summed E-state index contributed by atoms with van der Waals surface area (Å²) in [6.45, 7) is 0. The molecule has 0 aromatic carbocycles. The molecule has 1 unspecified atom stereocenters. The first-order chi connectivity index (χ1) is 6.06.